The van der Waals surface area contributed by atoms with E-state index in [9.17, 15) is 5.11 Å². The Balaban J connectivity index is 2.40. The van der Waals surface area contributed by atoms with Crippen molar-refractivity contribution in [1.29, 1.82) is 0 Å². The van der Waals surface area contributed by atoms with E-state index in [1.807, 2.05) is 35.8 Å². The third-order valence-corrected chi connectivity index (χ3v) is 2.81. The van der Waals surface area contributed by atoms with E-state index < -0.39 is 5.60 Å². The molecule has 1 aromatic heterocycles. The zero-order chi connectivity index (χ0) is 14.0. The van der Waals surface area contributed by atoms with Crippen LogP contribution in [0.25, 0.3) is 5.69 Å². The second kappa shape index (κ2) is 5.01. The quantitative estimate of drug-likeness (QED) is 0.913. The molecule has 1 heterocycles. The van der Waals surface area contributed by atoms with Gasteiger partial charge in [0.05, 0.1) is 12.7 Å². The van der Waals surface area contributed by atoms with Crippen molar-refractivity contribution in [3.05, 3.63) is 35.9 Å². The first-order chi connectivity index (χ1) is 8.90. The van der Waals surface area contributed by atoms with Gasteiger partial charge in [-0.05, 0) is 45.0 Å². The van der Waals surface area contributed by atoms with E-state index >= 15 is 0 Å². The average molecular weight is 261 g/mol. The van der Waals surface area contributed by atoms with Gasteiger partial charge in [-0.25, -0.2) is 0 Å². The Morgan fingerprint density at radius 3 is 2.37 bits per heavy atom. The SMILES string of the molecule is COc1ccc(-n2c(C)nnc2CC(C)(C)O)cc1. The predicted molar refractivity (Wildman–Crippen MR) is 72.6 cm³/mol. The van der Waals surface area contributed by atoms with Crippen LogP contribution in [-0.4, -0.2) is 32.6 Å². The molecule has 0 aliphatic heterocycles. The molecular formula is C14H19N3O2. The molecule has 2 rings (SSSR count). The van der Waals surface area contributed by atoms with E-state index in [1.165, 1.54) is 0 Å². The van der Waals surface area contributed by atoms with Crippen molar-refractivity contribution in [2.24, 2.45) is 0 Å². The van der Waals surface area contributed by atoms with Crippen LogP contribution in [0.3, 0.4) is 0 Å². The maximum Gasteiger partial charge on any atom is 0.140 e. The van der Waals surface area contributed by atoms with Crippen LogP contribution in [0.2, 0.25) is 0 Å². The van der Waals surface area contributed by atoms with Crippen LogP contribution in [0.1, 0.15) is 25.5 Å². The number of aliphatic hydroxyl groups is 1. The zero-order valence-electron chi connectivity index (χ0n) is 11.7. The zero-order valence-corrected chi connectivity index (χ0v) is 11.7. The summed E-state index contributed by atoms with van der Waals surface area (Å²) >= 11 is 0. The van der Waals surface area contributed by atoms with E-state index in [-0.39, 0.29) is 0 Å². The molecule has 102 valence electrons. The summed E-state index contributed by atoms with van der Waals surface area (Å²) in [5.74, 6) is 2.35. The molecule has 0 saturated heterocycles. The summed E-state index contributed by atoms with van der Waals surface area (Å²) in [6.07, 6.45) is 0.444. The lowest BCUT2D eigenvalue weighted by Crippen LogP contribution is -2.24. The molecular weight excluding hydrogens is 242 g/mol. The van der Waals surface area contributed by atoms with Gasteiger partial charge in [-0.15, -0.1) is 10.2 Å². The Morgan fingerprint density at radius 1 is 1.21 bits per heavy atom. The first-order valence-electron chi connectivity index (χ1n) is 6.18. The first-order valence-corrected chi connectivity index (χ1v) is 6.18. The Hall–Kier alpha value is -1.88. The lowest BCUT2D eigenvalue weighted by Gasteiger charge is -2.17. The van der Waals surface area contributed by atoms with Gasteiger partial charge in [0.15, 0.2) is 0 Å². The van der Waals surface area contributed by atoms with Crippen LogP contribution in [0, 0.1) is 6.92 Å². The fraction of sp³-hybridized carbons (Fsp3) is 0.429. The fourth-order valence-electron chi connectivity index (χ4n) is 1.97. The van der Waals surface area contributed by atoms with Crippen molar-refractivity contribution in [2.45, 2.75) is 32.8 Å². The Bertz CT molecular complexity index is 553. The molecule has 1 N–H and O–H groups in total. The van der Waals surface area contributed by atoms with Gasteiger partial charge in [0.2, 0.25) is 0 Å². The summed E-state index contributed by atoms with van der Waals surface area (Å²) in [5, 5.41) is 18.2. The highest BCUT2D eigenvalue weighted by Crippen LogP contribution is 2.19. The van der Waals surface area contributed by atoms with Gasteiger partial charge in [0.1, 0.15) is 17.4 Å². The molecule has 0 amide bonds. The van der Waals surface area contributed by atoms with Gasteiger partial charge in [-0.2, -0.15) is 0 Å². The van der Waals surface area contributed by atoms with Crippen molar-refractivity contribution in [3.63, 3.8) is 0 Å². The van der Waals surface area contributed by atoms with Gasteiger partial charge in [-0.1, -0.05) is 0 Å². The number of rotatable bonds is 4. The maximum atomic E-state index is 9.93. The second-order valence-corrected chi connectivity index (χ2v) is 5.19. The number of hydrogen-bond donors (Lipinski definition) is 1. The summed E-state index contributed by atoms with van der Waals surface area (Å²) < 4.78 is 7.09. The summed E-state index contributed by atoms with van der Waals surface area (Å²) in [7, 11) is 1.64. The fourth-order valence-corrected chi connectivity index (χ4v) is 1.97. The molecule has 0 unspecified atom stereocenters. The summed E-state index contributed by atoms with van der Waals surface area (Å²) in [6, 6.07) is 7.68. The molecule has 0 fully saturated rings. The second-order valence-electron chi connectivity index (χ2n) is 5.19. The molecule has 1 aromatic carbocycles. The minimum atomic E-state index is -0.816. The lowest BCUT2D eigenvalue weighted by molar-refractivity contribution is 0.0783. The van der Waals surface area contributed by atoms with Crippen LogP contribution in [-0.2, 0) is 6.42 Å². The van der Waals surface area contributed by atoms with Gasteiger partial charge in [-0.3, -0.25) is 4.57 Å². The van der Waals surface area contributed by atoms with Crippen molar-refractivity contribution in [2.75, 3.05) is 7.11 Å². The number of aryl methyl sites for hydroxylation is 1. The molecule has 5 nitrogen and oxygen atoms in total. The highest BCUT2D eigenvalue weighted by molar-refractivity contribution is 5.39. The number of aromatic nitrogens is 3. The Labute approximate surface area is 112 Å². The first kappa shape index (κ1) is 13.5. The molecule has 2 aromatic rings. The molecule has 0 radical (unpaired) electrons. The van der Waals surface area contributed by atoms with Gasteiger partial charge in [0.25, 0.3) is 0 Å². The number of methoxy groups -OCH3 is 1. The molecule has 0 bridgehead atoms. The largest absolute Gasteiger partial charge is 0.497 e. The highest BCUT2D eigenvalue weighted by atomic mass is 16.5. The van der Waals surface area contributed by atoms with Crippen molar-refractivity contribution < 1.29 is 9.84 Å². The predicted octanol–water partition coefficient (Wildman–Crippen LogP) is 1.90. The van der Waals surface area contributed by atoms with E-state index in [0.717, 1.165) is 23.1 Å². The third-order valence-electron chi connectivity index (χ3n) is 2.81. The van der Waals surface area contributed by atoms with Gasteiger partial charge >= 0.3 is 0 Å². The molecule has 0 saturated carbocycles. The van der Waals surface area contributed by atoms with E-state index in [4.69, 9.17) is 4.74 Å². The standard InChI is InChI=1S/C14H19N3O2/c1-10-15-16-13(9-14(2,3)18)17(10)11-5-7-12(19-4)8-6-11/h5-8,18H,9H2,1-4H3. The Morgan fingerprint density at radius 2 is 1.84 bits per heavy atom. The number of benzene rings is 1. The summed E-state index contributed by atoms with van der Waals surface area (Å²) in [5.41, 5.74) is 0.145. The van der Waals surface area contributed by atoms with E-state index in [0.29, 0.717) is 6.42 Å². The number of nitrogens with zero attached hydrogens (tertiary/aromatic N) is 3. The van der Waals surface area contributed by atoms with Crippen LogP contribution in [0.4, 0.5) is 0 Å². The molecule has 0 atom stereocenters. The smallest absolute Gasteiger partial charge is 0.140 e. The monoisotopic (exact) mass is 261 g/mol. The van der Waals surface area contributed by atoms with Crippen LogP contribution in [0.5, 0.6) is 5.75 Å². The highest BCUT2D eigenvalue weighted by Gasteiger charge is 2.20. The van der Waals surface area contributed by atoms with Crippen LogP contribution in [0.15, 0.2) is 24.3 Å². The maximum absolute atomic E-state index is 9.93. The van der Waals surface area contributed by atoms with Gasteiger partial charge in [0, 0.05) is 12.1 Å². The minimum Gasteiger partial charge on any atom is -0.497 e. The van der Waals surface area contributed by atoms with E-state index in [1.54, 1.807) is 21.0 Å². The molecule has 5 heteroatoms. The Kier molecular flexibility index (Phi) is 3.57. The molecule has 0 aliphatic rings. The minimum absolute atomic E-state index is 0.444. The molecule has 19 heavy (non-hydrogen) atoms. The summed E-state index contributed by atoms with van der Waals surface area (Å²) in [6.45, 7) is 5.41. The van der Waals surface area contributed by atoms with E-state index in [2.05, 4.69) is 10.2 Å². The van der Waals surface area contributed by atoms with Crippen LogP contribution >= 0.6 is 0 Å². The summed E-state index contributed by atoms with van der Waals surface area (Å²) in [4.78, 5) is 0. The topological polar surface area (TPSA) is 60.2 Å². The van der Waals surface area contributed by atoms with Crippen LogP contribution < -0.4 is 4.74 Å². The number of hydrogen-bond acceptors (Lipinski definition) is 4. The molecule has 0 spiro atoms. The van der Waals surface area contributed by atoms with Crippen molar-refractivity contribution >= 4 is 0 Å². The third kappa shape index (κ3) is 3.12. The molecule has 0 aliphatic carbocycles. The number of ether oxygens (including phenoxy) is 1. The van der Waals surface area contributed by atoms with Gasteiger partial charge < -0.3 is 9.84 Å². The lowest BCUT2D eigenvalue weighted by atomic mass is 10.1. The average Bonchev–Trinajstić information content (AvgIpc) is 2.68. The van der Waals surface area contributed by atoms with Crippen molar-refractivity contribution in [1.82, 2.24) is 14.8 Å². The van der Waals surface area contributed by atoms with Crippen molar-refractivity contribution in [3.8, 4) is 11.4 Å². The normalized spacial score (nSPS) is 11.6.